The van der Waals surface area contributed by atoms with Crippen molar-refractivity contribution < 1.29 is 19.8 Å². The number of aliphatic hydroxyl groups excluding tert-OH is 1. The van der Waals surface area contributed by atoms with Crippen LogP contribution < -0.4 is 9.97 Å². The predicted molar refractivity (Wildman–Crippen MR) is 52.8 cm³/mol. The monoisotopic (exact) mass is 197 g/mol. The highest BCUT2D eigenvalue weighted by molar-refractivity contribution is 6.33. The van der Waals surface area contributed by atoms with E-state index in [1.807, 2.05) is 0 Å². The van der Waals surface area contributed by atoms with Gasteiger partial charge in [-0.15, -0.1) is 0 Å². The molecule has 0 spiro atoms. The number of rotatable bonds is 5. The minimum absolute atomic E-state index is 0.00396. The fraction of sp³-hybridized carbons (Fsp3) is 0.250. The Morgan fingerprint density at radius 2 is 2.00 bits per heavy atom. The van der Waals surface area contributed by atoms with E-state index in [0.717, 1.165) is 0 Å². The molecule has 0 radical (unpaired) electrons. The van der Waals surface area contributed by atoms with Gasteiger partial charge in [0, 0.05) is 6.54 Å². The molecule has 14 heavy (non-hydrogen) atoms. The lowest BCUT2D eigenvalue weighted by molar-refractivity contribution is 0.288. The molecule has 0 amide bonds. The third kappa shape index (κ3) is 3.25. The Morgan fingerprint density at radius 3 is 2.64 bits per heavy atom. The summed E-state index contributed by atoms with van der Waals surface area (Å²) in [5, 5.41) is 28.7. The van der Waals surface area contributed by atoms with Crippen LogP contribution in [-0.4, -0.2) is 35.6 Å². The highest BCUT2D eigenvalue weighted by Gasteiger charge is 2.13. The number of nitrogens with one attached hydrogen (secondary N) is 1. The van der Waals surface area contributed by atoms with Crippen LogP contribution in [0.3, 0.4) is 0 Å². The molecule has 5 nitrogen and oxygen atoms in total. The van der Waals surface area contributed by atoms with E-state index in [2.05, 4.69) is 5.32 Å². The van der Waals surface area contributed by atoms with Gasteiger partial charge in [0.2, 0.25) is 0 Å². The number of benzene rings is 1. The lowest BCUT2D eigenvalue weighted by Crippen LogP contribution is -2.21. The van der Waals surface area contributed by atoms with Crippen LogP contribution in [0.25, 0.3) is 0 Å². The molecule has 0 fully saturated rings. The van der Waals surface area contributed by atoms with E-state index < -0.39 is 7.32 Å². The van der Waals surface area contributed by atoms with Gasteiger partial charge in [0.25, 0.3) is 0 Å². The second-order valence-corrected chi connectivity index (χ2v) is 2.59. The van der Waals surface area contributed by atoms with E-state index >= 15 is 0 Å². The molecule has 0 aliphatic carbocycles. The zero-order valence-corrected chi connectivity index (χ0v) is 7.55. The van der Waals surface area contributed by atoms with Gasteiger partial charge < -0.3 is 25.1 Å². The molecule has 0 atom stereocenters. The molecule has 0 aromatic heterocycles. The maximum Gasteiger partial charge on any atom is 0.707 e. The van der Waals surface area contributed by atoms with Crippen molar-refractivity contribution in [1.82, 2.24) is 0 Å². The number of aliphatic hydroxyl groups is 1. The zero-order valence-electron chi connectivity index (χ0n) is 7.55. The molecule has 0 heterocycles. The Kier molecular flexibility index (Phi) is 4.25. The molecule has 76 valence electrons. The molecule has 4 N–H and O–H groups in total. The normalized spacial score (nSPS) is 9.64. The van der Waals surface area contributed by atoms with Gasteiger partial charge >= 0.3 is 7.32 Å². The van der Waals surface area contributed by atoms with Gasteiger partial charge in [0.1, 0.15) is 5.75 Å². The maximum atomic E-state index is 8.61. The van der Waals surface area contributed by atoms with Gasteiger partial charge in [-0.25, -0.2) is 0 Å². The van der Waals surface area contributed by atoms with Crippen molar-refractivity contribution in [3.8, 4) is 5.75 Å². The number of para-hydroxylation sites is 2. The van der Waals surface area contributed by atoms with Crippen molar-refractivity contribution in [2.75, 3.05) is 18.5 Å². The van der Waals surface area contributed by atoms with E-state index in [0.29, 0.717) is 18.0 Å². The van der Waals surface area contributed by atoms with Gasteiger partial charge in [-0.05, 0) is 12.1 Å². The first-order valence-corrected chi connectivity index (χ1v) is 4.20. The molecule has 0 aliphatic heterocycles. The number of hydrogen-bond donors (Lipinski definition) is 4. The minimum atomic E-state index is -1.84. The maximum absolute atomic E-state index is 8.61. The summed E-state index contributed by atoms with van der Waals surface area (Å²) < 4.78 is 4.71. The van der Waals surface area contributed by atoms with Crippen molar-refractivity contribution in [2.24, 2.45) is 0 Å². The zero-order chi connectivity index (χ0) is 10.4. The summed E-state index contributed by atoms with van der Waals surface area (Å²) in [6.45, 7) is 0.373. The third-order valence-electron chi connectivity index (χ3n) is 1.55. The largest absolute Gasteiger partial charge is 0.707 e. The predicted octanol–water partition coefficient (Wildman–Crippen LogP) is -0.561. The van der Waals surface area contributed by atoms with E-state index in [1.165, 1.54) is 0 Å². The van der Waals surface area contributed by atoms with Crippen molar-refractivity contribution in [3.05, 3.63) is 24.3 Å². The lowest BCUT2D eigenvalue weighted by atomic mass is 10.2. The topological polar surface area (TPSA) is 82.0 Å². The molecule has 1 rings (SSSR count). The summed E-state index contributed by atoms with van der Waals surface area (Å²) in [5.41, 5.74) is 0.606. The average Bonchev–Trinajstić information content (AvgIpc) is 2.16. The van der Waals surface area contributed by atoms with Gasteiger partial charge in [-0.2, -0.15) is 0 Å². The van der Waals surface area contributed by atoms with Crippen molar-refractivity contribution in [1.29, 1.82) is 0 Å². The van der Waals surface area contributed by atoms with Crippen LogP contribution in [0.5, 0.6) is 5.75 Å². The molecule has 1 aromatic rings. The Balaban J connectivity index is 2.69. The van der Waals surface area contributed by atoms with Gasteiger partial charge in [-0.3, -0.25) is 0 Å². The van der Waals surface area contributed by atoms with Gasteiger partial charge in [-0.1, -0.05) is 12.1 Å². The Morgan fingerprint density at radius 1 is 1.29 bits per heavy atom. The minimum Gasteiger partial charge on any atom is -0.510 e. The van der Waals surface area contributed by atoms with Crippen LogP contribution in [0.1, 0.15) is 0 Å². The summed E-state index contributed by atoms with van der Waals surface area (Å²) >= 11 is 0. The van der Waals surface area contributed by atoms with E-state index in [1.54, 1.807) is 24.3 Å². The fourth-order valence-corrected chi connectivity index (χ4v) is 1.02. The molecule has 0 saturated heterocycles. The van der Waals surface area contributed by atoms with Crippen LogP contribution in [0.2, 0.25) is 0 Å². The Bertz CT molecular complexity index is 282. The van der Waals surface area contributed by atoms with Crippen molar-refractivity contribution in [2.45, 2.75) is 0 Å². The molecular formula is C8H12BNO4. The van der Waals surface area contributed by atoms with Crippen LogP contribution in [0.15, 0.2) is 24.3 Å². The standard InChI is InChI=1S/C8H12BNO4/c11-6-5-10-7-3-1-2-4-8(7)14-9(12)13/h1-4,10-13H,5-6H2. The SMILES string of the molecule is OCCNc1ccccc1OB(O)O. The van der Waals surface area contributed by atoms with E-state index in [4.69, 9.17) is 19.8 Å². The summed E-state index contributed by atoms with van der Waals surface area (Å²) in [6, 6.07) is 6.80. The molecule has 6 heteroatoms. The van der Waals surface area contributed by atoms with Crippen LogP contribution in [-0.2, 0) is 0 Å². The fourth-order valence-electron chi connectivity index (χ4n) is 1.02. The summed E-state index contributed by atoms with van der Waals surface area (Å²) in [5.74, 6) is 0.330. The second-order valence-electron chi connectivity index (χ2n) is 2.59. The number of anilines is 1. The highest BCUT2D eigenvalue weighted by Crippen LogP contribution is 2.23. The van der Waals surface area contributed by atoms with Crippen molar-refractivity contribution in [3.63, 3.8) is 0 Å². The quantitative estimate of drug-likeness (QED) is 0.475. The Hall–Kier alpha value is -1.24. The van der Waals surface area contributed by atoms with E-state index in [9.17, 15) is 0 Å². The van der Waals surface area contributed by atoms with E-state index in [-0.39, 0.29) is 6.61 Å². The summed E-state index contributed by atoms with van der Waals surface area (Å²) in [4.78, 5) is 0. The summed E-state index contributed by atoms with van der Waals surface area (Å²) in [6.07, 6.45) is 0. The van der Waals surface area contributed by atoms with Crippen LogP contribution >= 0.6 is 0 Å². The lowest BCUT2D eigenvalue weighted by Gasteiger charge is -2.11. The first-order valence-electron chi connectivity index (χ1n) is 4.20. The van der Waals surface area contributed by atoms with Gasteiger partial charge in [0.15, 0.2) is 0 Å². The van der Waals surface area contributed by atoms with Crippen molar-refractivity contribution >= 4 is 13.0 Å². The molecular weight excluding hydrogens is 185 g/mol. The smallest absolute Gasteiger partial charge is 0.510 e. The first-order chi connectivity index (χ1) is 6.74. The van der Waals surface area contributed by atoms with Crippen LogP contribution in [0, 0.1) is 0 Å². The first kappa shape index (κ1) is 10.8. The molecule has 0 bridgehead atoms. The van der Waals surface area contributed by atoms with Crippen LogP contribution in [0.4, 0.5) is 5.69 Å². The average molecular weight is 197 g/mol. The molecule has 1 aromatic carbocycles. The summed E-state index contributed by atoms with van der Waals surface area (Å²) in [7, 11) is -1.84. The number of hydrogen-bond acceptors (Lipinski definition) is 5. The molecule has 0 saturated carbocycles. The molecule has 0 unspecified atom stereocenters. The van der Waals surface area contributed by atoms with Gasteiger partial charge in [0.05, 0.1) is 12.3 Å². The Labute approximate surface area is 82.1 Å². The second kappa shape index (κ2) is 5.49. The third-order valence-corrected chi connectivity index (χ3v) is 1.55. The highest BCUT2D eigenvalue weighted by atomic mass is 16.6. The molecule has 0 aliphatic rings.